The van der Waals surface area contributed by atoms with Gasteiger partial charge in [-0.1, -0.05) is 12.1 Å². The van der Waals surface area contributed by atoms with Gasteiger partial charge in [-0.05, 0) is 67.4 Å². The van der Waals surface area contributed by atoms with Crippen molar-refractivity contribution < 1.29 is 13.2 Å². The fraction of sp³-hybridized carbons (Fsp3) is 0.240. The second-order valence-corrected chi connectivity index (χ2v) is 8.17. The van der Waals surface area contributed by atoms with Gasteiger partial charge >= 0.3 is 0 Å². The Morgan fingerprint density at radius 2 is 1.78 bits per heavy atom. The lowest BCUT2D eigenvalue weighted by Gasteiger charge is -2.21. The van der Waals surface area contributed by atoms with Crippen LogP contribution in [0.1, 0.15) is 30.0 Å². The lowest BCUT2D eigenvalue weighted by atomic mass is 9.94. The van der Waals surface area contributed by atoms with Crippen LogP contribution in [0.3, 0.4) is 0 Å². The van der Waals surface area contributed by atoms with E-state index in [4.69, 9.17) is 0 Å². The molecule has 1 saturated heterocycles. The highest BCUT2D eigenvalue weighted by atomic mass is 19.1. The summed E-state index contributed by atoms with van der Waals surface area (Å²) in [6.45, 7) is 2.15. The van der Waals surface area contributed by atoms with E-state index in [0.29, 0.717) is 22.7 Å². The van der Waals surface area contributed by atoms with Gasteiger partial charge < -0.3 is 15.6 Å². The number of benzene rings is 2. The van der Waals surface area contributed by atoms with Crippen LogP contribution in [0.15, 0.2) is 54.7 Å². The van der Waals surface area contributed by atoms with Crippen LogP contribution in [0.4, 0.5) is 18.9 Å². The molecule has 0 radical (unpaired) electrons. The molecule has 2 aromatic heterocycles. The number of hydrogen-bond donors (Lipinski definition) is 3. The highest BCUT2D eigenvalue weighted by Gasteiger charge is 2.20. The summed E-state index contributed by atoms with van der Waals surface area (Å²) in [5.74, 6) is -1.30. The number of anilines is 1. The summed E-state index contributed by atoms with van der Waals surface area (Å²) in [6, 6.07) is 12.2. The maximum absolute atomic E-state index is 14.9. The first kappa shape index (κ1) is 20.6. The summed E-state index contributed by atoms with van der Waals surface area (Å²) in [6.07, 6.45) is 3.69. The minimum atomic E-state index is -0.697. The number of nitrogens with one attached hydrogen (secondary N) is 3. The summed E-state index contributed by atoms with van der Waals surface area (Å²) in [4.78, 5) is 7.80. The quantitative estimate of drug-likeness (QED) is 0.375. The van der Waals surface area contributed by atoms with Crippen LogP contribution in [0.25, 0.3) is 22.2 Å². The van der Waals surface area contributed by atoms with Gasteiger partial charge in [0.25, 0.3) is 0 Å². The fourth-order valence-electron chi connectivity index (χ4n) is 4.37. The van der Waals surface area contributed by atoms with Gasteiger partial charge in [0.2, 0.25) is 0 Å². The summed E-state index contributed by atoms with van der Waals surface area (Å²) in [5.41, 5.74) is 3.54. The Labute approximate surface area is 183 Å². The zero-order valence-electron chi connectivity index (χ0n) is 17.4. The number of hydrogen-bond acceptors (Lipinski definition) is 3. The van der Waals surface area contributed by atoms with E-state index < -0.39 is 11.6 Å². The third kappa shape index (κ3) is 4.08. The smallest absolute Gasteiger partial charge is 0.149 e. The Morgan fingerprint density at radius 3 is 2.59 bits per heavy atom. The van der Waals surface area contributed by atoms with Crippen molar-refractivity contribution in [2.24, 2.45) is 0 Å². The number of H-pyrrole nitrogens is 1. The predicted molar refractivity (Wildman–Crippen MR) is 120 cm³/mol. The van der Waals surface area contributed by atoms with E-state index in [-0.39, 0.29) is 23.6 Å². The fourth-order valence-corrected chi connectivity index (χ4v) is 4.37. The van der Waals surface area contributed by atoms with E-state index >= 15 is 0 Å². The molecule has 1 aliphatic heterocycles. The van der Waals surface area contributed by atoms with E-state index in [1.807, 2.05) is 6.07 Å². The SMILES string of the molecule is Fc1cccc(CNc2cc(-c3ccnc4[nH]c(C5CCNCC5)cc34)c(F)cc2F)c1. The largest absolute Gasteiger partial charge is 0.379 e. The van der Waals surface area contributed by atoms with Crippen molar-refractivity contribution in [3.63, 3.8) is 0 Å². The van der Waals surface area contributed by atoms with Crippen LogP contribution in [0.2, 0.25) is 0 Å². The van der Waals surface area contributed by atoms with Gasteiger partial charge in [-0.3, -0.25) is 0 Å². The third-order valence-corrected chi connectivity index (χ3v) is 6.05. The second kappa shape index (κ2) is 8.67. The average Bonchev–Trinajstić information content (AvgIpc) is 3.24. The molecule has 0 spiro atoms. The van der Waals surface area contributed by atoms with E-state index in [2.05, 4.69) is 20.6 Å². The number of nitrogens with zero attached hydrogens (tertiary/aromatic N) is 1. The van der Waals surface area contributed by atoms with Crippen LogP contribution in [-0.2, 0) is 6.54 Å². The van der Waals surface area contributed by atoms with Crippen LogP contribution in [0.5, 0.6) is 0 Å². The molecule has 2 aromatic carbocycles. The van der Waals surface area contributed by atoms with E-state index in [1.165, 1.54) is 18.2 Å². The molecule has 4 nitrogen and oxygen atoms in total. The van der Waals surface area contributed by atoms with Gasteiger partial charge in [-0.25, -0.2) is 18.2 Å². The molecule has 0 unspecified atom stereocenters. The molecule has 32 heavy (non-hydrogen) atoms. The zero-order chi connectivity index (χ0) is 22.1. The molecule has 1 fully saturated rings. The topological polar surface area (TPSA) is 52.7 Å². The molecule has 0 bridgehead atoms. The van der Waals surface area contributed by atoms with Crippen LogP contribution in [-0.4, -0.2) is 23.1 Å². The Kier molecular flexibility index (Phi) is 5.57. The zero-order valence-corrected chi connectivity index (χ0v) is 17.4. The normalized spacial score (nSPS) is 14.7. The van der Waals surface area contributed by atoms with Crippen LogP contribution < -0.4 is 10.6 Å². The van der Waals surface area contributed by atoms with Gasteiger partial charge in [0, 0.05) is 41.4 Å². The molecule has 4 aromatic rings. The van der Waals surface area contributed by atoms with Gasteiger partial charge in [0.15, 0.2) is 0 Å². The lowest BCUT2D eigenvalue weighted by molar-refractivity contribution is 0.455. The molecule has 7 heteroatoms. The number of rotatable bonds is 5. The maximum atomic E-state index is 14.9. The Morgan fingerprint density at radius 1 is 0.938 bits per heavy atom. The van der Waals surface area contributed by atoms with Crippen molar-refractivity contribution in [2.45, 2.75) is 25.3 Å². The summed E-state index contributed by atoms with van der Waals surface area (Å²) >= 11 is 0. The molecule has 3 N–H and O–H groups in total. The van der Waals surface area contributed by atoms with Crippen LogP contribution >= 0.6 is 0 Å². The molecule has 0 aliphatic carbocycles. The molecule has 0 saturated carbocycles. The summed E-state index contributed by atoms with van der Waals surface area (Å²) in [5, 5.41) is 7.13. The molecule has 164 valence electrons. The monoisotopic (exact) mass is 436 g/mol. The Bertz CT molecular complexity index is 1260. The number of aromatic amines is 1. The van der Waals surface area contributed by atoms with Gasteiger partial charge in [-0.2, -0.15) is 0 Å². The number of aromatic nitrogens is 2. The minimum absolute atomic E-state index is 0.157. The van der Waals surface area contributed by atoms with E-state index in [0.717, 1.165) is 43.1 Å². The minimum Gasteiger partial charge on any atom is -0.379 e. The lowest BCUT2D eigenvalue weighted by Crippen LogP contribution is -2.26. The van der Waals surface area contributed by atoms with Crippen LogP contribution in [0, 0.1) is 17.5 Å². The van der Waals surface area contributed by atoms with E-state index in [1.54, 1.807) is 24.4 Å². The molecular formula is C25H23F3N4. The first-order valence-electron chi connectivity index (χ1n) is 10.7. The number of piperidine rings is 1. The number of fused-ring (bicyclic) bond motifs is 1. The van der Waals surface area contributed by atoms with E-state index in [9.17, 15) is 13.2 Å². The summed E-state index contributed by atoms with van der Waals surface area (Å²) < 4.78 is 42.8. The number of halogens is 3. The number of pyridine rings is 1. The van der Waals surface area contributed by atoms with Crippen molar-refractivity contribution in [3.05, 3.63) is 83.4 Å². The molecule has 5 rings (SSSR count). The average molecular weight is 436 g/mol. The molecule has 0 amide bonds. The molecule has 0 atom stereocenters. The first-order chi connectivity index (χ1) is 15.6. The predicted octanol–water partition coefficient (Wildman–Crippen LogP) is 5.73. The summed E-state index contributed by atoms with van der Waals surface area (Å²) in [7, 11) is 0. The first-order valence-corrected chi connectivity index (χ1v) is 10.7. The van der Waals surface area contributed by atoms with Gasteiger partial charge in [0.05, 0.1) is 5.69 Å². The van der Waals surface area contributed by atoms with Gasteiger partial charge in [-0.15, -0.1) is 0 Å². The standard InChI is InChI=1S/C25H23F3N4/c26-17-3-1-2-15(10-17)14-31-24-11-19(21(27)13-22(24)28)18-6-9-30-25-20(18)12-23(32-25)16-4-7-29-8-5-16/h1-3,6,9-13,16,29,31H,4-5,7-8,14H2,(H,30,32). The van der Waals surface area contributed by atoms with Gasteiger partial charge in [0.1, 0.15) is 23.1 Å². The highest BCUT2D eigenvalue weighted by Crippen LogP contribution is 2.35. The Balaban J connectivity index is 1.49. The highest BCUT2D eigenvalue weighted by molar-refractivity contribution is 5.94. The molecule has 3 heterocycles. The third-order valence-electron chi connectivity index (χ3n) is 6.05. The van der Waals surface area contributed by atoms with Crippen molar-refractivity contribution in [2.75, 3.05) is 18.4 Å². The van der Waals surface area contributed by atoms with Crippen molar-refractivity contribution in [3.8, 4) is 11.1 Å². The second-order valence-electron chi connectivity index (χ2n) is 8.17. The van der Waals surface area contributed by atoms with Crippen molar-refractivity contribution in [1.29, 1.82) is 0 Å². The molecule has 1 aliphatic rings. The Hall–Kier alpha value is -3.32. The van der Waals surface area contributed by atoms with Crippen molar-refractivity contribution in [1.82, 2.24) is 15.3 Å². The maximum Gasteiger partial charge on any atom is 0.149 e. The van der Waals surface area contributed by atoms with Crippen molar-refractivity contribution >= 4 is 16.7 Å². The molecular weight excluding hydrogens is 413 g/mol.